The monoisotopic (exact) mass is 210 g/mol. The molecule has 2 rings (SSSR count). The predicted molar refractivity (Wildman–Crippen MR) is 54.9 cm³/mol. The van der Waals surface area contributed by atoms with Crippen LogP contribution < -0.4 is 4.90 Å². The van der Waals surface area contributed by atoms with Crippen molar-refractivity contribution in [3.05, 3.63) is 33.9 Å². The van der Waals surface area contributed by atoms with Gasteiger partial charge in [0.1, 0.15) is 6.17 Å². The maximum absolute atomic E-state index is 12.6. The summed E-state index contributed by atoms with van der Waals surface area (Å²) >= 11 is 0. The van der Waals surface area contributed by atoms with E-state index in [0.717, 1.165) is 11.3 Å². The van der Waals surface area contributed by atoms with Crippen molar-refractivity contribution in [2.24, 2.45) is 0 Å². The highest BCUT2D eigenvalue weighted by Gasteiger charge is 2.27. The Kier molecular flexibility index (Phi) is 2.30. The summed E-state index contributed by atoms with van der Waals surface area (Å²) in [4.78, 5) is 12.0. The van der Waals surface area contributed by atoms with Crippen LogP contribution >= 0.6 is 0 Å². The van der Waals surface area contributed by atoms with E-state index in [1.807, 2.05) is 4.90 Å². The highest BCUT2D eigenvalue weighted by Crippen LogP contribution is 2.28. The third-order valence-corrected chi connectivity index (χ3v) is 2.57. The van der Waals surface area contributed by atoms with Crippen molar-refractivity contribution in [2.45, 2.75) is 13.1 Å². The molecule has 0 amide bonds. The molecule has 0 N–H and O–H groups in total. The Labute approximate surface area is 86.5 Å². The van der Waals surface area contributed by atoms with Crippen molar-refractivity contribution in [1.29, 1.82) is 0 Å². The van der Waals surface area contributed by atoms with Crippen molar-refractivity contribution in [1.82, 2.24) is 0 Å². The molecule has 1 saturated heterocycles. The predicted octanol–water partition coefficient (Wildman–Crippen LogP) is 2.06. The van der Waals surface area contributed by atoms with Crippen LogP contribution in [0.3, 0.4) is 0 Å². The summed E-state index contributed by atoms with van der Waals surface area (Å²) in [6, 6.07) is 4.65. The molecule has 80 valence electrons. The Morgan fingerprint density at radius 2 is 2.20 bits per heavy atom. The Morgan fingerprint density at radius 1 is 1.53 bits per heavy atom. The Hall–Kier alpha value is -1.65. The van der Waals surface area contributed by atoms with Crippen LogP contribution in [0.5, 0.6) is 0 Å². The standard InChI is InChI=1S/C10H11FN2O2/c1-7-4-9(13(14)15)2-3-10(7)12-5-8(11)6-12/h2-4,8H,5-6H2,1H3. The van der Waals surface area contributed by atoms with E-state index in [-0.39, 0.29) is 5.69 Å². The minimum Gasteiger partial charge on any atom is -0.365 e. The average Bonchev–Trinajstić information content (AvgIpc) is 2.13. The molecule has 15 heavy (non-hydrogen) atoms. The zero-order valence-corrected chi connectivity index (χ0v) is 8.31. The van der Waals surface area contributed by atoms with Crippen LogP contribution in [0, 0.1) is 17.0 Å². The fourth-order valence-corrected chi connectivity index (χ4v) is 1.73. The summed E-state index contributed by atoms with van der Waals surface area (Å²) in [5.41, 5.74) is 1.78. The van der Waals surface area contributed by atoms with Gasteiger partial charge >= 0.3 is 0 Å². The maximum Gasteiger partial charge on any atom is 0.269 e. The largest absolute Gasteiger partial charge is 0.365 e. The first-order valence-electron chi connectivity index (χ1n) is 4.72. The molecule has 5 heteroatoms. The van der Waals surface area contributed by atoms with Gasteiger partial charge in [-0.05, 0) is 18.6 Å². The Balaban J connectivity index is 2.23. The molecule has 1 aromatic carbocycles. The fourth-order valence-electron chi connectivity index (χ4n) is 1.73. The number of halogens is 1. The van der Waals surface area contributed by atoms with E-state index in [4.69, 9.17) is 0 Å². The van der Waals surface area contributed by atoms with Crippen molar-refractivity contribution in [3.8, 4) is 0 Å². The smallest absolute Gasteiger partial charge is 0.269 e. The summed E-state index contributed by atoms with van der Waals surface area (Å²) in [7, 11) is 0. The maximum atomic E-state index is 12.6. The van der Waals surface area contributed by atoms with Crippen LogP contribution in [0.4, 0.5) is 15.8 Å². The molecule has 0 radical (unpaired) electrons. The van der Waals surface area contributed by atoms with Crippen molar-refractivity contribution in [3.63, 3.8) is 0 Å². The van der Waals surface area contributed by atoms with Gasteiger partial charge in [0.15, 0.2) is 0 Å². The number of rotatable bonds is 2. The summed E-state index contributed by atoms with van der Waals surface area (Å²) in [6.07, 6.45) is -0.764. The normalized spacial score (nSPS) is 16.3. The zero-order chi connectivity index (χ0) is 11.0. The lowest BCUT2D eigenvalue weighted by Gasteiger charge is -2.37. The van der Waals surface area contributed by atoms with Gasteiger partial charge in [-0.3, -0.25) is 10.1 Å². The minimum absolute atomic E-state index is 0.0774. The topological polar surface area (TPSA) is 46.4 Å². The van der Waals surface area contributed by atoms with Gasteiger partial charge in [0.2, 0.25) is 0 Å². The molecule has 0 atom stereocenters. The first kappa shape index (κ1) is 9.89. The summed E-state index contributed by atoms with van der Waals surface area (Å²) in [5, 5.41) is 10.5. The lowest BCUT2D eigenvalue weighted by atomic mass is 10.1. The number of nitro groups is 1. The molecule has 0 spiro atoms. The fraction of sp³-hybridized carbons (Fsp3) is 0.400. The average molecular weight is 210 g/mol. The van der Waals surface area contributed by atoms with E-state index in [1.165, 1.54) is 12.1 Å². The van der Waals surface area contributed by atoms with Crippen molar-refractivity contribution < 1.29 is 9.31 Å². The van der Waals surface area contributed by atoms with Crippen LogP contribution in [-0.4, -0.2) is 24.2 Å². The van der Waals surface area contributed by atoms with Crippen LogP contribution in [0.25, 0.3) is 0 Å². The van der Waals surface area contributed by atoms with Gasteiger partial charge in [-0.2, -0.15) is 0 Å². The van der Waals surface area contributed by atoms with Crippen LogP contribution in [0.15, 0.2) is 18.2 Å². The van der Waals surface area contributed by atoms with E-state index in [1.54, 1.807) is 13.0 Å². The van der Waals surface area contributed by atoms with Crippen LogP contribution in [0.2, 0.25) is 0 Å². The van der Waals surface area contributed by atoms with E-state index in [2.05, 4.69) is 0 Å². The number of hydrogen-bond donors (Lipinski definition) is 0. The molecule has 1 aliphatic heterocycles. The number of hydrogen-bond acceptors (Lipinski definition) is 3. The highest BCUT2D eigenvalue weighted by atomic mass is 19.1. The molecular formula is C10H11FN2O2. The molecule has 1 aromatic rings. The summed E-state index contributed by atoms with van der Waals surface area (Å²) < 4.78 is 12.6. The van der Waals surface area contributed by atoms with Gasteiger partial charge in [-0.25, -0.2) is 4.39 Å². The molecule has 1 heterocycles. The van der Waals surface area contributed by atoms with E-state index in [0.29, 0.717) is 13.1 Å². The Morgan fingerprint density at radius 3 is 2.67 bits per heavy atom. The van der Waals surface area contributed by atoms with Gasteiger partial charge in [-0.15, -0.1) is 0 Å². The summed E-state index contributed by atoms with van der Waals surface area (Å²) in [5.74, 6) is 0. The van der Waals surface area contributed by atoms with E-state index >= 15 is 0 Å². The van der Waals surface area contributed by atoms with Gasteiger partial charge in [0.05, 0.1) is 18.0 Å². The molecule has 0 aliphatic carbocycles. The molecule has 0 bridgehead atoms. The number of benzene rings is 1. The van der Waals surface area contributed by atoms with Gasteiger partial charge < -0.3 is 4.90 Å². The third-order valence-electron chi connectivity index (χ3n) is 2.57. The molecule has 1 aliphatic rings. The van der Waals surface area contributed by atoms with Crippen molar-refractivity contribution in [2.75, 3.05) is 18.0 Å². The second-order valence-corrected chi connectivity index (χ2v) is 3.73. The van der Waals surface area contributed by atoms with Gasteiger partial charge in [0, 0.05) is 17.8 Å². The lowest BCUT2D eigenvalue weighted by molar-refractivity contribution is -0.384. The quantitative estimate of drug-likeness (QED) is 0.554. The molecule has 4 nitrogen and oxygen atoms in total. The number of anilines is 1. The van der Waals surface area contributed by atoms with Crippen LogP contribution in [0.1, 0.15) is 5.56 Å². The minimum atomic E-state index is -0.764. The molecule has 0 saturated carbocycles. The molecule has 1 fully saturated rings. The lowest BCUT2D eigenvalue weighted by Crippen LogP contribution is -2.48. The van der Waals surface area contributed by atoms with E-state index < -0.39 is 11.1 Å². The number of nitro benzene ring substituents is 1. The van der Waals surface area contributed by atoms with Gasteiger partial charge in [0.25, 0.3) is 5.69 Å². The second kappa shape index (κ2) is 3.49. The highest BCUT2D eigenvalue weighted by molar-refractivity contribution is 5.59. The molecule has 0 unspecified atom stereocenters. The number of non-ortho nitro benzene ring substituents is 1. The SMILES string of the molecule is Cc1cc([N+](=O)[O-])ccc1N1CC(F)C1. The third kappa shape index (κ3) is 1.77. The number of nitrogens with zero attached hydrogens (tertiary/aromatic N) is 2. The first-order chi connectivity index (χ1) is 7.08. The number of aryl methyl sites for hydroxylation is 1. The first-order valence-corrected chi connectivity index (χ1v) is 4.72. The van der Waals surface area contributed by atoms with Crippen LogP contribution in [-0.2, 0) is 0 Å². The van der Waals surface area contributed by atoms with E-state index in [9.17, 15) is 14.5 Å². The Bertz CT molecular complexity index is 402. The zero-order valence-electron chi connectivity index (χ0n) is 8.31. The summed E-state index contributed by atoms with van der Waals surface area (Å²) in [6.45, 7) is 2.57. The number of alkyl halides is 1. The van der Waals surface area contributed by atoms with Crippen molar-refractivity contribution >= 4 is 11.4 Å². The molecule has 0 aromatic heterocycles. The molecular weight excluding hydrogens is 199 g/mol. The second-order valence-electron chi connectivity index (χ2n) is 3.73. The van der Waals surface area contributed by atoms with Gasteiger partial charge in [-0.1, -0.05) is 0 Å².